The molecule has 7 nitrogen and oxygen atoms in total. The maximum atomic E-state index is 13.2. The van der Waals surface area contributed by atoms with Crippen LogP contribution in [0.3, 0.4) is 0 Å². The van der Waals surface area contributed by atoms with Crippen LogP contribution in [0, 0.1) is 0 Å². The summed E-state index contributed by atoms with van der Waals surface area (Å²) in [5.41, 5.74) is 6.43. The number of fused-ring (bicyclic) bond motifs is 2. The third kappa shape index (κ3) is 4.07. The molecule has 2 heterocycles. The normalized spacial score (nSPS) is 12.5. The first-order chi connectivity index (χ1) is 14.8. The Bertz CT molecular complexity index is 1270. The molecule has 0 spiro atoms. The molecule has 0 radical (unpaired) electrons. The fourth-order valence-corrected chi connectivity index (χ4v) is 3.59. The largest absolute Gasteiger partial charge is 0.481 e. The van der Waals surface area contributed by atoms with Crippen LogP contribution >= 0.6 is 0 Å². The van der Waals surface area contributed by atoms with Gasteiger partial charge >= 0.3 is 5.97 Å². The van der Waals surface area contributed by atoms with Gasteiger partial charge in [0.2, 0.25) is 12.4 Å². The zero-order valence-electron chi connectivity index (χ0n) is 16.2. The van der Waals surface area contributed by atoms with Gasteiger partial charge in [-0.15, -0.1) is 0 Å². The highest BCUT2D eigenvalue weighted by Gasteiger charge is 2.24. The summed E-state index contributed by atoms with van der Waals surface area (Å²) < 4.78 is 26.7. The summed E-state index contributed by atoms with van der Waals surface area (Å²) in [6.45, 7) is 0. The van der Waals surface area contributed by atoms with Gasteiger partial charge in [0, 0.05) is 24.2 Å². The Balaban J connectivity index is 1.81. The van der Waals surface area contributed by atoms with Crippen molar-refractivity contribution in [3.05, 3.63) is 66.1 Å². The van der Waals surface area contributed by atoms with Crippen LogP contribution in [0.15, 0.2) is 54.9 Å². The Morgan fingerprint density at radius 1 is 1.03 bits per heavy atom. The van der Waals surface area contributed by atoms with E-state index < -0.39 is 30.6 Å². The van der Waals surface area contributed by atoms with Crippen LogP contribution in [0.2, 0.25) is 0 Å². The van der Waals surface area contributed by atoms with Gasteiger partial charge in [-0.3, -0.25) is 14.2 Å². The number of nitrogens with zero attached hydrogens (tertiary/aromatic N) is 3. The van der Waals surface area contributed by atoms with Crippen molar-refractivity contribution in [1.82, 2.24) is 14.5 Å². The number of benzene rings is 2. The lowest BCUT2D eigenvalue weighted by atomic mass is 9.93. The minimum absolute atomic E-state index is 0.00246. The quantitative estimate of drug-likeness (QED) is 0.483. The molecular weight excluding hydrogens is 406 g/mol. The minimum Gasteiger partial charge on any atom is -0.481 e. The number of halogens is 2. The summed E-state index contributed by atoms with van der Waals surface area (Å²) in [5, 5.41) is 11.6. The molecule has 4 rings (SSSR count). The second kappa shape index (κ2) is 8.10. The van der Waals surface area contributed by atoms with Crippen LogP contribution in [0.25, 0.3) is 21.7 Å². The minimum atomic E-state index is -2.61. The average molecular weight is 424 g/mol. The Morgan fingerprint density at radius 2 is 1.71 bits per heavy atom. The molecule has 158 valence electrons. The van der Waals surface area contributed by atoms with Crippen molar-refractivity contribution in [3.8, 4) is 0 Å². The highest BCUT2D eigenvalue weighted by Crippen LogP contribution is 2.28. The summed E-state index contributed by atoms with van der Waals surface area (Å²) in [6, 6.07) is 11.9. The van der Waals surface area contributed by atoms with Crippen molar-refractivity contribution in [2.45, 2.75) is 25.2 Å². The van der Waals surface area contributed by atoms with Crippen molar-refractivity contribution in [1.29, 1.82) is 0 Å². The van der Waals surface area contributed by atoms with Gasteiger partial charge in [0.05, 0.1) is 11.4 Å². The molecule has 0 aliphatic carbocycles. The fraction of sp³-hybridized carbons (Fsp3) is 0.182. The molecule has 3 N–H and O–H groups in total. The van der Waals surface area contributed by atoms with Gasteiger partial charge in [0.15, 0.2) is 0 Å². The van der Waals surface area contributed by atoms with Crippen molar-refractivity contribution < 1.29 is 23.5 Å². The van der Waals surface area contributed by atoms with Crippen LogP contribution in [0.5, 0.6) is 0 Å². The van der Waals surface area contributed by atoms with Gasteiger partial charge in [-0.05, 0) is 34.9 Å². The number of carboxylic acids is 1. The maximum absolute atomic E-state index is 13.2. The lowest BCUT2D eigenvalue weighted by Crippen LogP contribution is -2.16. The first-order valence-corrected chi connectivity index (χ1v) is 9.53. The summed E-state index contributed by atoms with van der Waals surface area (Å²) in [4.78, 5) is 33.1. The van der Waals surface area contributed by atoms with E-state index in [-0.39, 0.29) is 18.1 Å². The monoisotopic (exact) mass is 424 g/mol. The molecule has 0 bridgehead atoms. The van der Waals surface area contributed by atoms with Crippen molar-refractivity contribution in [3.63, 3.8) is 0 Å². The van der Waals surface area contributed by atoms with E-state index in [0.717, 1.165) is 10.8 Å². The molecule has 9 heteroatoms. The number of nitrogens with two attached hydrogens (primary N) is 1. The zero-order chi connectivity index (χ0) is 22.1. The number of alkyl halides is 2. The van der Waals surface area contributed by atoms with Gasteiger partial charge in [-0.2, -0.15) is 0 Å². The molecule has 0 saturated carbocycles. The summed E-state index contributed by atoms with van der Waals surface area (Å²) >= 11 is 0. The van der Waals surface area contributed by atoms with Crippen molar-refractivity contribution in [2.75, 3.05) is 5.73 Å². The molecular formula is C22H18F2N4O3. The van der Waals surface area contributed by atoms with E-state index in [0.29, 0.717) is 16.5 Å². The molecule has 0 amide bonds. The highest BCUT2D eigenvalue weighted by molar-refractivity contribution is 6.07. The Hall–Kier alpha value is -3.88. The molecule has 4 aromatic rings. The van der Waals surface area contributed by atoms with Crippen LogP contribution in [-0.4, -0.2) is 37.9 Å². The Kier molecular flexibility index (Phi) is 5.33. The lowest BCUT2D eigenvalue weighted by molar-refractivity contribution is -0.139. The second-order valence-electron chi connectivity index (χ2n) is 7.17. The smallest absolute Gasteiger partial charge is 0.310 e. The van der Waals surface area contributed by atoms with Gasteiger partial charge in [0.25, 0.3) is 5.91 Å². The molecule has 2 aromatic carbocycles. The number of carbonyl (C=O) groups is 2. The molecule has 0 saturated heterocycles. The molecule has 0 fully saturated rings. The Labute approximate surface area is 175 Å². The summed E-state index contributed by atoms with van der Waals surface area (Å²) in [6.07, 6.45) is -0.0661. The first-order valence-electron chi connectivity index (χ1n) is 9.53. The van der Waals surface area contributed by atoms with Crippen LogP contribution in [0.4, 0.5) is 14.7 Å². The number of rotatable bonds is 6. The molecule has 31 heavy (non-hydrogen) atoms. The highest BCUT2D eigenvalue weighted by atomic mass is 19.3. The molecule has 2 aromatic heterocycles. The average Bonchev–Trinajstić information content (AvgIpc) is 3.16. The summed E-state index contributed by atoms with van der Waals surface area (Å²) in [5.74, 6) is -2.94. The van der Waals surface area contributed by atoms with E-state index in [1.807, 2.05) is 24.3 Å². The number of aliphatic carboxylic acids is 1. The number of hydrogen-bond donors (Lipinski definition) is 2. The number of hydrogen-bond acceptors (Lipinski definition) is 5. The van der Waals surface area contributed by atoms with E-state index >= 15 is 0 Å². The van der Waals surface area contributed by atoms with E-state index in [1.165, 1.54) is 22.8 Å². The number of carbonyl (C=O) groups excluding carboxylic acids is 1. The third-order valence-electron chi connectivity index (χ3n) is 5.10. The van der Waals surface area contributed by atoms with Crippen LogP contribution in [0.1, 0.15) is 34.8 Å². The number of carboxylic acid groups (broad SMARTS) is 1. The van der Waals surface area contributed by atoms with Crippen LogP contribution < -0.4 is 5.73 Å². The van der Waals surface area contributed by atoms with Gasteiger partial charge in [0.1, 0.15) is 5.69 Å². The van der Waals surface area contributed by atoms with Crippen molar-refractivity contribution in [2.24, 2.45) is 0 Å². The van der Waals surface area contributed by atoms with Crippen LogP contribution in [-0.2, 0) is 4.79 Å². The van der Waals surface area contributed by atoms with E-state index in [1.54, 1.807) is 12.4 Å². The molecule has 0 aliphatic heterocycles. The summed E-state index contributed by atoms with van der Waals surface area (Å²) in [7, 11) is 0. The number of nitrogen functional groups attached to an aromatic ring is 1. The van der Waals surface area contributed by atoms with E-state index in [9.17, 15) is 23.5 Å². The number of aromatic nitrogens is 3. The third-order valence-corrected chi connectivity index (χ3v) is 5.10. The lowest BCUT2D eigenvalue weighted by Gasteiger charge is -2.14. The van der Waals surface area contributed by atoms with Crippen molar-refractivity contribution >= 4 is 39.5 Å². The van der Waals surface area contributed by atoms with Gasteiger partial charge in [-0.1, -0.05) is 30.3 Å². The van der Waals surface area contributed by atoms with E-state index in [2.05, 4.69) is 9.97 Å². The molecule has 1 unspecified atom stereocenters. The Morgan fingerprint density at radius 3 is 2.32 bits per heavy atom. The first kappa shape index (κ1) is 20.4. The van der Waals surface area contributed by atoms with Gasteiger partial charge in [-0.25, -0.2) is 18.7 Å². The fourth-order valence-electron chi connectivity index (χ4n) is 3.59. The second-order valence-corrected chi connectivity index (χ2v) is 7.17. The van der Waals surface area contributed by atoms with E-state index in [4.69, 9.17) is 5.73 Å². The molecule has 0 aliphatic rings. The predicted octanol–water partition coefficient (Wildman–Crippen LogP) is 4.07. The topological polar surface area (TPSA) is 111 Å². The standard InChI is InChI=1S/C22H18F2N4O3/c23-18(24)8-6-15(21(30)31)12-5-7-17-16(9-12)19(27-22(25)26-17)20(29)28-10-13-3-1-2-4-14(13)11-28/h1-5,7,9-11,15,18H,6,8H2,(H,30,31)(H2,25,26,27). The molecule has 1 atom stereocenters. The van der Waals surface area contributed by atoms with Gasteiger partial charge < -0.3 is 10.8 Å². The maximum Gasteiger partial charge on any atom is 0.310 e. The zero-order valence-corrected chi connectivity index (χ0v) is 16.2. The number of anilines is 1. The SMILES string of the molecule is Nc1nc(C(=O)n2cc3ccccc3c2)c2cc(C(CCC(F)F)C(=O)O)ccc2n1. The predicted molar refractivity (Wildman–Crippen MR) is 111 cm³/mol.